The molecular formula is C36H36Br4N2O8S2. The Kier molecular flexibility index (Phi) is 16.8. The van der Waals surface area contributed by atoms with E-state index in [0.717, 1.165) is 29.0 Å². The second-order valence-electron chi connectivity index (χ2n) is 11.4. The van der Waals surface area contributed by atoms with E-state index in [4.69, 9.17) is 9.47 Å². The minimum Gasteiger partial charge on any atom is -0.445 e. The summed E-state index contributed by atoms with van der Waals surface area (Å²) in [5, 5.41) is 26.7. The Bertz CT molecular complexity index is 1760. The minimum absolute atomic E-state index is 0.283. The second kappa shape index (κ2) is 20.5. The Hall–Kier alpha value is -2.12. The molecule has 0 amide bonds. The van der Waals surface area contributed by atoms with Crippen LogP contribution in [0.5, 0.6) is 0 Å². The molecular weight excluding hydrogens is 972 g/mol. The van der Waals surface area contributed by atoms with Gasteiger partial charge in [0.05, 0.1) is 21.6 Å². The summed E-state index contributed by atoms with van der Waals surface area (Å²) in [6.45, 7) is 0. The van der Waals surface area contributed by atoms with Crippen molar-refractivity contribution in [3.8, 4) is 0 Å². The van der Waals surface area contributed by atoms with E-state index in [1.807, 2.05) is 36.4 Å². The smallest absolute Gasteiger partial charge is 0.339 e. The number of carbonyl (C=O) groups excluding carboxylic acids is 2. The Morgan fingerprint density at radius 2 is 0.942 bits per heavy atom. The lowest BCUT2D eigenvalue weighted by atomic mass is 10.1. The predicted octanol–water partition coefficient (Wildman–Crippen LogP) is 6.53. The molecule has 0 radical (unpaired) electrons. The number of aliphatic hydroxyl groups is 2. The van der Waals surface area contributed by atoms with Crippen molar-refractivity contribution in [3.63, 3.8) is 0 Å². The average molecular weight is 1010 g/mol. The van der Waals surface area contributed by atoms with Crippen molar-refractivity contribution < 1.29 is 37.7 Å². The average Bonchev–Trinajstić information content (AvgIpc) is 3.12. The van der Waals surface area contributed by atoms with Gasteiger partial charge in [-0.1, -0.05) is 88.0 Å². The van der Waals surface area contributed by atoms with Gasteiger partial charge in [-0.05, 0) is 98.7 Å². The molecule has 0 aliphatic heterocycles. The van der Waals surface area contributed by atoms with Gasteiger partial charge < -0.3 is 19.7 Å². The fourth-order valence-electron chi connectivity index (χ4n) is 4.97. The Morgan fingerprint density at radius 3 is 1.27 bits per heavy atom. The molecule has 0 aromatic heterocycles. The molecule has 4 aromatic rings. The molecule has 6 atom stereocenters. The first kappa shape index (κ1) is 42.6. The summed E-state index contributed by atoms with van der Waals surface area (Å²) in [6.07, 6.45) is -4.69. The van der Waals surface area contributed by atoms with Gasteiger partial charge >= 0.3 is 11.9 Å². The van der Waals surface area contributed by atoms with Gasteiger partial charge in [0, 0.05) is 50.3 Å². The summed E-state index contributed by atoms with van der Waals surface area (Å²) in [7, 11) is 0.271. The van der Waals surface area contributed by atoms with Crippen LogP contribution in [0, 0.1) is 0 Å². The summed E-state index contributed by atoms with van der Waals surface area (Å²) >= 11 is 13.7. The maximum absolute atomic E-state index is 13.2. The quantitative estimate of drug-likeness (QED) is 0.0679. The number of aryl methyl sites for hydroxylation is 2. The third kappa shape index (κ3) is 12.5. The fourth-order valence-corrected chi connectivity index (χ4v) is 10.6. The van der Waals surface area contributed by atoms with Gasteiger partial charge in [-0.25, -0.2) is 18.0 Å². The van der Waals surface area contributed by atoms with Crippen LogP contribution in [0.3, 0.4) is 0 Å². The highest BCUT2D eigenvalue weighted by Crippen LogP contribution is 2.27. The summed E-state index contributed by atoms with van der Waals surface area (Å²) < 4.78 is 40.3. The number of rotatable bonds is 17. The Morgan fingerprint density at radius 1 is 0.596 bits per heavy atom. The van der Waals surface area contributed by atoms with E-state index in [0.29, 0.717) is 32.4 Å². The van der Waals surface area contributed by atoms with Gasteiger partial charge in [0.2, 0.25) is 0 Å². The van der Waals surface area contributed by atoms with E-state index in [1.165, 1.54) is 0 Å². The molecule has 6 unspecified atom stereocenters. The van der Waals surface area contributed by atoms with E-state index in [2.05, 4.69) is 74.4 Å². The zero-order valence-electron chi connectivity index (χ0n) is 27.9. The Balaban J connectivity index is 1.28. The van der Waals surface area contributed by atoms with Crippen molar-refractivity contribution in [2.24, 2.45) is 0 Å². The molecule has 10 nitrogen and oxygen atoms in total. The van der Waals surface area contributed by atoms with Crippen LogP contribution in [0.1, 0.15) is 24.0 Å². The topological polar surface area (TPSA) is 151 Å². The Labute approximate surface area is 340 Å². The molecule has 0 saturated heterocycles. The van der Waals surface area contributed by atoms with Gasteiger partial charge in [0.25, 0.3) is 0 Å². The summed E-state index contributed by atoms with van der Waals surface area (Å²) in [5.41, 5.74) is 1.69. The first-order valence-electron chi connectivity index (χ1n) is 15.8. The van der Waals surface area contributed by atoms with Crippen molar-refractivity contribution in [1.29, 1.82) is 0 Å². The van der Waals surface area contributed by atoms with Crippen LogP contribution in [0.4, 0.5) is 0 Å². The monoisotopic (exact) mass is 1000 g/mol. The standard InChI is InChI=1S/C36H36Br4N2O8S2/c1-41-31(11-9-21-5-3-7-27(13-21)51(47)29-17-23(37)15-24(38)18-29)49-35(45)33(43)34(44)36(46)50-32(42-2)12-10-22-6-4-8-28(14-22)52(48)30-19-25(39)16-26(40)20-30/h3-8,13-20,31-34,41-44H,9-12H2,1-2H3. The van der Waals surface area contributed by atoms with Crippen molar-refractivity contribution in [1.82, 2.24) is 10.6 Å². The third-order valence-corrected chi connectivity index (χ3v) is 12.2. The molecule has 0 aliphatic rings. The van der Waals surface area contributed by atoms with Gasteiger partial charge in [-0.3, -0.25) is 10.6 Å². The third-order valence-electron chi connectivity index (χ3n) is 7.66. The number of halogens is 4. The lowest BCUT2D eigenvalue weighted by molar-refractivity contribution is -0.180. The number of hydrogen-bond acceptors (Lipinski definition) is 10. The zero-order valence-corrected chi connectivity index (χ0v) is 35.9. The summed E-state index contributed by atoms with van der Waals surface area (Å²) in [5.74, 6) is -2.41. The number of carbonyl (C=O) groups is 2. The van der Waals surface area contributed by atoms with Crippen LogP contribution in [-0.4, -0.2) is 69.3 Å². The molecule has 4 N–H and O–H groups in total. The van der Waals surface area contributed by atoms with Gasteiger partial charge in [0.15, 0.2) is 24.7 Å². The number of ether oxygens (including phenoxy) is 2. The largest absolute Gasteiger partial charge is 0.445 e. The van der Waals surface area contributed by atoms with E-state index in [-0.39, 0.29) is 12.8 Å². The first-order valence-corrected chi connectivity index (χ1v) is 21.3. The van der Waals surface area contributed by atoms with Crippen LogP contribution in [-0.2, 0) is 53.5 Å². The molecule has 16 heteroatoms. The fraction of sp³-hybridized carbons (Fsp3) is 0.278. The molecule has 0 bridgehead atoms. The number of esters is 2. The maximum Gasteiger partial charge on any atom is 0.339 e. The minimum atomic E-state index is -2.19. The highest BCUT2D eigenvalue weighted by molar-refractivity contribution is 9.11. The lowest BCUT2D eigenvalue weighted by Gasteiger charge is -2.23. The van der Waals surface area contributed by atoms with E-state index >= 15 is 0 Å². The second-order valence-corrected chi connectivity index (χ2v) is 18.1. The van der Waals surface area contributed by atoms with Crippen LogP contribution in [0.2, 0.25) is 0 Å². The molecule has 0 aliphatic carbocycles. The van der Waals surface area contributed by atoms with Crippen LogP contribution < -0.4 is 10.6 Å². The van der Waals surface area contributed by atoms with Gasteiger partial charge in [0.1, 0.15) is 0 Å². The number of aliphatic hydroxyl groups excluding tert-OH is 2. The zero-order chi connectivity index (χ0) is 37.9. The number of hydrogen-bond donors (Lipinski definition) is 4. The van der Waals surface area contributed by atoms with Gasteiger partial charge in [-0.15, -0.1) is 0 Å². The highest BCUT2D eigenvalue weighted by atomic mass is 79.9. The maximum atomic E-state index is 13.2. The van der Waals surface area contributed by atoms with Crippen molar-refractivity contribution >= 4 is 97.3 Å². The molecule has 0 fully saturated rings. The van der Waals surface area contributed by atoms with E-state index < -0.39 is 58.2 Å². The SMILES string of the molecule is CNC(CCc1cccc(S(=O)c2cc(Br)cc(Br)c2)c1)OC(=O)C(O)C(O)C(=O)OC(CCc1cccc(S(=O)c2cc(Br)cc(Br)c2)c1)NC. The van der Waals surface area contributed by atoms with Crippen molar-refractivity contribution in [2.75, 3.05) is 14.1 Å². The predicted molar refractivity (Wildman–Crippen MR) is 212 cm³/mol. The summed E-state index contributed by atoms with van der Waals surface area (Å²) in [4.78, 5) is 27.9. The van der Waals surface area contributed by atoms with E-state index in [9.17, 15) is 28.2 Å². The normalized spacial score (nSPS) is 14.8. The van der Waals surface area contributed by atoms with Crippen LogP contribution in [0.25, 0.3) is 0 Å². The van der Waals surface area contributed by atoms with Crippen molar-refractivity contribution in [3.05, 3.63) is 114 Å². The van der Waals surface area contributed by atoms with E-state index in [1.54, 1.807) is 62.6 Å². The lowest BCUT2D eigenvalue weighted by Crippen LogP contribution is -2.46. The van der Waals surface area contributed by atoms with Crippen LogP contribution in [0.15, 0.2) is 122 Å². The molecule has 278 valence electrons. The molecule has 52 heavy (non-hydrogen) atoms. The number of nitrogens with one attached hydrogen (secondary N) is 2. The highest BCUT2D eigenvalue weighted by Gasteiger charge is 2.35. The molecule has 0 spiro atoms. The molecule has 0 heterocycles. The summed E-state index contributed by atoms with van der Waals surface area (Å²) in [6, 6.07) is 25.3. The first-order chi connectivity index (χ1) is 24.8. The number of benzene rings is 4. The van der Waals surface area contributed by atoms with Gasteiger partial charge in [-0.2, -0.15) is 0 Å². The molecule has 4 aromatic carbocycles. The molecule has 4 rings (SSSR count). The van der Waals surface area contributed by atoms with Crippen molar-refractivity contribution in [2.45, 2.75) is 69.9 Å². The van der Waals surface area contributed by atoms with Crippen LogP contribution >= 0.6 is 63.7 Å². The molecule has 0 saturated carbocycles.